The highest BCUT2D eigenvalue weighted by atomic mass is 35.5. The van der Waals surface area contributed by atoms with E-state index in [9.17, 15) is 14.0 Å². The number of methoxy groups -OCH3 is 1. The van der Waals surface area contributed by atoms with Gasteiger partial charge in [0.15, 0.2) is 0 Å². The first kappa shape index (κ1) is 34.2. The molecule has 47 heavy (non-hydrogen) atoms. The summed E-state index contributed by atoms with van der Waals surface area (Å²) in [6.45, 7) is 2.17. The van der Waals surface area contributed by atoms with Crippen molar-refractivity contribution >= 4 is 40.7 Å². The maximum Gasteiger partial charge on any atom is 0.273 e. The van der Waals surface area contributed by atoms with Gasteiger partial charge in [-0.15, -0.1) is 0 Å². The lowest BCUT2D eigenvalue weighted by Crippen LogP contribution is -2.35. The van der Waals surface area contributed by atoms with Crippen LogP contribution in [0.25, 0.3) is 22.5 Å². The molecule has 2 amide bonds. The van der Waals surface area contributed by atoms with Crippen LogP contribution >= 0.6 is 23.2 Å². The fourth-order valence-electron chi connectivity index (χ4n) is 5.33. The molecule has 1 saturated heterocycles. The molecule has 1 aromatic carbocycles. The number of nitrogens with zero attached hydrogens (tertiary/aromatic N) is 4. The van der Waals surface area contributed by atoms with Crippen LogP contribution in [-0.2, 0) is 17.8 Å². The Balaban J connectivity index is 1.28. The Kier molecular flexibility index (Phi) is 11.8. The summed E-state index contributed by atoms with van der Waals surface area (Å²) < 4.78 is 18.0. The van der Waals surface area contributed by atoms with Crippen LogP contribution in [0.2, 0.25) is 10.0 Å². The predicted molar refractivity (Wildman–Crippen MR) is 181 cm³/mol. The molecule has 3 aromatic heterocycles. The van der Waals surface area contributed by atoms with Crippen molar-refractivity contribution in [1.29, 1.82) is 0 Å². The number of likely N-dealkylation sites (N-methyl/N-ethyl adjacent to an activating group) is 1. The SMILES string of the molecule is COc1nc(-c2ccnc(-c3cccc(NC(=O)c4cc(CCN(C)CCCF)n[nH]4)c3Cl)c2Cl)ccc1CNCC1CCC(=O)N1. The van der Waals surface area contributed by atoms with Gasteiger partial charge in [-0.05, 0) is 44.2 Å². The number of carbonyl (C=O) groups is 2. The molecule has 1 aliphatic heterocycles. The minimum absolute atomic E-state index is 0.0818. The molecule has 4 N–H and O–H groups in total. The molecule has 1 atom stereocenters. The van der Waals surface area contributed by atoms with Crippen LogP contribution < -0.4 is 20.7 Å². The van der Waals surface area contributed by atoms with Crippen molar-refractivity contribution in [2.45, 2.75) is 38.3 Å². The number of pyridine rings is 2. The molecule has 0 spiro atoms. The molecule has 4 aromatic rings. The molecule has 11 nitrogen and oxygen atoms in total. The van der Waals surface area contributed by atoms with Crippen molar-refractivity contribution in [1.82, 2.24) is 35.7 Å². The van der Waals surface area contributed by atoms with E-state index < -0.39 is 5.91 Å². The van der Waals surface area contributed by atoms with Crippen LogP contribution in [0.15, 0.2) is 48.7 Å². The van der Waals surface area contributed by atoms with E-state index in [0.29, 0.717) is 84.5 Å². The van der Waals surface area contributed by atoms with E-state index in [1.54, 1.807) is 43.6 Å². The van der Waals surface area contributed by atoms with Gasteiger partial charge in [-0.2, -0.15) is 5.10 Å². The Bertz CT molecular complexity index is 1720. The van der Waals surface area contributed by atoms with Gasteiger partial charge in [0.05, 0.1) is 46.6 Å². The number of ether oxygens (including phenoxy) is 1. The first-order chi connectivity index (χ1) is 22.8. The summed E-state index contributed by atoms with van der Waals surface area (Å²) in [5.74, 6) is 0.131. The number of halogens is 3. The normalized spacial score (nSPS) is 14.4. The molecule has 14 heteroatoms. The number of alkyl halides is 1. The Morgan fingerprint density at radius 3 is 2.77 bits per heavy atom. The summed E-state index contributed by atoms with van der Waals surface area (Å²) in [5.41, 5.74) is 4.44. The second-order valence-electron chi connectivity index (χ2n) is 11.3. The van der Waals surface area contributed by atoms with Crippen molar-refractivity contribution in [2.75, 3.05) is 45.8 Å². The van der Waals surface area contributed by atoms with Crippen LogP contribution in [0, 0.1) is 0 Å². The average Bonchev–Trinajstić information content (AvgIpc) is 3.73. The zero-order valence-electron chi connectivity index (χ0n) is 26.2. The molecule has 248 valence electrons. The van der Waals surface area contributed by atoms with Crippen LogP contribution in [0.5, 0.6) is 5.88 Å². The van der Waals surface area contributed by atoms with Gasteiger partial charge < -0.3 is 25.6 Å². The Morgan fingerprint density at radius 2 is 2.00 bits per heavy atom. The smallest absolute Gasteiger partial charge is 0.273 e. The van der Waals surface area contributed by atoms with Crippen LogP contribution in [0.1, 0.15) is 41.0 Å². The number of benzene rings is 1. The topological polar surface area (TPSA) is 137 Å². The molecule has 0 bridgehead atoms. The number of H-pyrrole nitrogens is 1. The Morgan fingerprint density at radius 1 is 1.15 bits per heavy atom. The average molecular weight is 684 g/mol. The minimum Gasteiger partial charge on any atom is -0.481 e. The number of nitrogens with one attached hydrogen (secondary N) is 4. The van der Waals surface area contributed by atoms with Crippen molar-refractivity contribution < 1.29 is 18.7 Å². The van der Waals surface area contributed by atoms with E-state index in [1.807, 2.05) is 24.1 Å². The molecular weight excluding hydrogens is 646 g/mol. The fourth-order valence-corrected chi connectivity index (χ4v) is 5.90. The van der Waals surface area contributed by atoms with E-state index in [2.05, 4.69) is 31.1 Å². The van der Waals surface area contributed by atoms with E-state index in [0.717, 1.165) is 17.7 Å². The molecule has 0 saturated carbocycles. The van der Waals surface area contributed by atoms with Gasteiger partial charge in [0, 0.05) is 67.9 Å². The maximum atomic E-state index is 13.1. The lowest BCUT2D eigenvalue weighted by Gasteiger charge is -2.15. The lowest BCUT2D eigenvalue weighted by molar-refractivity contribution is -0.119. The Hall–Kier alpha value is -4.10. The number of carbonyl (C=O) groups excluding carboxylic acids is 2. The van der Waals surface area contributed by atoms with Gasteiger partial charge in [0.1, 0.15) is 5.69 Å². The zero-order valence-corrected chi connectivity index (χ0v) is 27.7. The lowest BCUT2D eigenvalue weighted by atomic mass is 10.1. The van der Waals surface area contributed by atoms with Gasteiger partial charge in [-0.3, -0.25) is 24.1 Å². The van der Waals surface area contributed by atoms with Crippen LogP contribution in [0.3, 0.4) is 0 Å². The monoisotopic (exact) mass is 682 g/mol. The second-order valence-corrected chi connectivity index (χ2v) is 12.1. The van der Waals surface area contributed by atoms with Crippen molar-refractivity contribution in [2.24, 2.45) is 0 Å². The standard InChI is InChI=1S/C33H37Cl2FN8O3/c1-44(15-4-13-36)16-12-21-17-27(43-42-21)32(46)40-26-6-3-5-24(29(26)34)31-30(35)23(11-14-38-31)25-9-7-20(33(41-25)47-2)18-37-19-22-8-10-28(45)39-22/h3,5-7,9,11,14,17,22,37H,4,8,10,12-13,15-16,18-19H2,1-2H3,(H,39,45)(H,40,46)(H,42,43). The highest BCUT2D eigenvalue weighted by Crippen LogP contribution is 2.40. The van der Waals surface area contributed by atoms with E-state index in [4.69, 9.17) is 32.9 Å². The number of anilines is 1. The summed E-state index contributed by atoms with van der Waals surface area (Å²) in [4.78, 5) is 35.8. The third-order valence-corrected chi connectivity index (χ3v) is 8.68. The highest BCUT2D eigenvalue weighted by Gasteiger charge is 2.21. The number of aromatic amines is 1. The number of hydrogen-bond acceptors (Lipinski definition) is 8. The summed E-state index contributed by atoms with van der Waals surface area (Å²) in [7, 11) is 3.48. The number of aromatic nitrogens is 4. The summed E-state index contributed by atoms with van der Waals surface area (Å²) >= 11 is 13.7. The van der Waals surface area contributed by atoms with E-state index in [1.165, 1.54) is 0 Å². The molecule has 0 radical (unpaired) electrons. The maximum absolute atomic E-state index is 13.1. The zero-order chi connectivity index (χ0) is 33.3. The molecule has 1 fully saturated rings. The molecular formula is C33H37Cl2FN8O3. The highest BCUT2D eigenvalue weighted by molar-refractivity contribution is 6.39. The number of rotatable bonds is 15. The quantitative estimate of drug-likeness (QED) is 0.133. The van der Waals surface area contributed by atoms with Gasteiger partial charge in [0.2, 0.25) is 11.8 Å². The third kappa shape index (κ3) is 8.63. The fraction of sp³-hybridized carbons (Fsp3) is 0.364. The number of amides is 2. The van der Waals surface area contributed by atoms with Crippen LogP contribution in [-0.4, -0.2) is 83.4 Å². The van der Waals surface area contributed by atoms with Crippen molar-refractivity contribution in [3.8, 4) is 28.4 Å². The first-order valence-electron chi connectivity index (χ1n) is 15.3. The van der Waals surface area contributed by atoms with E-state index in [-0.39, 0.29) is 29.3 Å². The van der Waals surface area contributed by atoms with Crippen molar-refractivity contribution in [3.05, 3.63) is 75.7 Å². The predicted octanol–water partition coefficient (Wildman–Crippen LogP) is 5.30. The summed E-state index contributed by atoms with van der Waals surface area (Å²) in [5, 5.41) is 16.8. The molecule has 1 unspecified atom stereocenters. The summed E-state index contributed by atoms with van der Waals surface area (Å²) in [6, 6.07) is 12.6. The second kappa shape index (κ2) is 16.1. The molecule has 5 rings (SSSR count). The van der Waals surface area contributed by atoms with Crippen LogP contribution in [0.4, 0.5) is 10.1 Å². The van der Waals surface area contributed by atoms with Gasteiger partial charge in [-0.1, -0.05) is 41.4 Å². The van der Waals surface area contributed by atoms with Gasteiger partial charge in [-0.25, -0.2) is 4.98 Å². The van der Waals surface area contributed by atoms with Crippen molar-refractivity contribution in [3.63, 3.8) is 0 Å². The van der Waals surface area contributed by atoms with Gasteiger partial charge in [0.25, 0.3) is 5.91 Å². The Labute approximate surface area is 282 Å². The van der Waals surface area contributed by atoms with Gasteiger partial charge >= 0.3 is 0 Å². The van der Waals surface area contributed by atoms with E-state index >= 15 is 0 Å². The molecule has 0 aliphatic carbocycles. The first-order valence-corrected chi connectivity index (χ1v) is 16.1. The molecule has 4 heterocycles. The third-order valence-electron chi connectivity index (χ3n) is 7.89. The molecule has 1 aliphatic rings. The summed E-state index contributed by atoms with van der Waals surface area (Å²) in [6.07, 6.45) is 4.10. The largest absolute Gasteiger partial charge is 0.481 e. The number of hydrogen-bond donors (Lipinski definition) is 4. The minimum atomic E-state index is -0.403.